The molecule has 0 radical (unpaired) electrons. The largest absolute Gasteiger partial charge is 1.00 e. The molecule has 2 aromatic carbocycles. The van der Waals surface area contributed by atoms with E-state index in [2.05, 4.69) is 56.6 Å². The fourth-order valence-corrected chi connectivity index (χ4v) is 3.39. The Kier molecular flexibility index (Phi) is 15.7. The summed E-state index contributed by atoms with van der Waals surface area (Å²) in [7, 11) is 4.20. The molecular formula is C23H18Cl3Cu2N6OS2. The fourth-order valence-electron chi connectivity index (χ4n) is 2.72. The van der Waals surface area contributed by atoms with Crippen molar-refractivity contribution in [1.29, 1.82) is 0 Å². The average Bonchev–Trinajstić information content (AvgIpc) is 2.86. The minimum atomic E-state index is -0.242. The van der Waals surface area contributed by atoms with Crippen LogP contribution in [-0.2, 0) is 62.2 Å². The first kappa shape index (κ1) is 33.1. The van der Waals surface area contributed by atoms with Crippen LogP contribution in [0.5, 0.6) is 0 Å². The molecule has 37 heavy (non-hydrogen) atoms. The molecule has 1 aliphatic rings. The van der Waals surface area contributed by atoms with Gasteiger partial charge in [-0.2, -0.15) is 5.10 Å². The predicted octanol–water partition coefficient (Wildman–Crippen LogP) is 5.46. The van der Waals surface area contributed by atoms with Crippen molar-refractivity contribution in [3.8, 4) is 0 Å². The third-order valence-corrected chi connectivity index (χ3v) is 5.23. The van der Waals surface area contributed by atoms with Crippen LogP contribution in [0.1, 0.15) is 6.92 Å². The summed E-state index contributed by atoms with van der Waals surface area (Å²) in [6, 6.07) is 14.1. The van der Waals surface area contributed by atoms with E-state index in [1.54, 1.807) is 60.7 Å². The summed E-state index contributed by atoms with van der Waals surface area (Å²) in [5, 5.41) is 5.24. The third-order valence-electron chi connectivity index (χ3n) is 4.21. The molecule has 0 unspecified atom stereocenters. The number of nitrogens with zero attached hydrogens (tertiary/aromatic N) is 3. The molecule has 0 fully saturated rings. The van der Waals surface area contributed by atoms with E-state index in [0.717, 1.165) is 5.57 Å². The number of Topliss-reactive ketones (excluding diaryl/α,β-unsaturated/α-hetero) is 1. The number of hydrazone groups is 1. The maximum absolute atomic E-state index is 12.8. The Hall–Kier alpha value is -1.91. The van der Waals surface area contributed by atoms with Gasteiger partial charge >= 0.3 is 42.3 Å². The molecule has 14 heteroatoms. The normalized spacial score (nSPS) is 14.8. The first-order valence-electron chi connectivity index (χ1n) is 9.91. The number of rotatable bonds is 6. The minimum absolute atomic E-state index is 0. The van der Waals surface area contributed by atoms with Crippen LogP contribution in [0.3, 0.4) is 0 Å². The SMILES string of the molecule is CC1=C/C(=C/NNC([S-])=Nc2ccccc2Cl)C(=O)C(/C=N\NC([S-])=Nc2ccccc2Cl)=C1.[Cl][Cu+].[Cu+]. The van der Waals surface area contributed by atoms with Gasteiger partial charge in [0, 0.05) is 22.5 Å². The maximum Gasteiger partial charge on any atom is 1.00 e. The number of hydrogen-bond donors (Lipinski definition) is 3. The van der Waals surface area contributed by atoms with E-state index in [9.17, 15) is 4.79 Å². The number of hydrazine groups is 1. The summed E-state index contributed by atoms with van der Waals surface area (Å²) in [5.74, 6) is -0.242. The monoisotopic (exact) mass is 689 g/mol. The van der Waals surface area contributed by atoms with Crippen molar-refractivity contribution in [3.63, 3.8) is 0 Å². The van der Waals surface area contributed by atoms with Crippen molar-refractivity contribution < 1.29 is 37.0 Å². The van der Waals surface area contributed by atoms with E-state index in [4.69, 9.17) is 48.5 Å². The van der Waals surface area contributed by atoms with E-state index in [1.807, 2.05) is 6.92 Å². The number of allylic oxidation sites excluding steroid dienone is 5. The number of hydrogen-bond acceptors (Lipinski definition) is 7. The van der Waals surface area contributed by atoms with Gasteiger partial charge in [0.25, 0.3) is 0 Å². The van der Waals surface area contributed by atoms with Crippen LogP contribution in [0.4, 0.5) is 11.4 Å². The molecule has 0 aromatic heterocycles. The molecule has 0 saturated heterocycles. The first-order chi connectivity index (χ1) is 17.3. The molecule has 0 aliphatic heterocycles. The average molecular weight is 692 g/mol. The molecule has 0 amide bonds. The number of halogens is 3. The Balaban J connectivity index is 0.00000223. The van der Waals surface area contributed by atoms with Crippen LogP contribution >= 0.6 is 33.3 Å². The molecule has 0 bridgehead atoms. The van der Waals surface area contributed by atoms with Gasteiger partial charge in [0.15, 0.2) is 5.78 Å². The van der Waals surface area contributed by atoms with Crippen molar-refractivity contribution >= 4 is 92.3 Å². The zero-order valence-electron chi connectivity index (χ0n) is 18.7. The Bertz CT molecular complexity index is 1280. The first-order valence-corrected chi connectivity index (χ1v) is 12.8. The number of amidine groups is 2. The summed E-state index contributed by atoms with van der Waals surface area (Å²) < 4.78 is 0. The zero-order valence-corrected chi connectivity index (χ0v) is 24.5. The van der Waals surface area contributed by atoms with Crippen molar-refractivity contribution in [2.24, 2.45) is 15.1 Å². The molecule has 1 aliphatic carbocycles. The number of benzene rings is 2. The summed E-state index contributed by atoms with van der Waals surface area (Å²) in [6.07, 6.45) is 6.31. The number of aliphatic imine (C=N–C) groups is 2. The number of carbonyl (C=O) groups is 1. The smallest absolute Gasteiger partial charge is 1.00 e. The Labute approximate surface area is 259 Å². The molecule has 2 aromatic rings. The van der Waals surface area contributed by atoms with Gasteiger partial charge in [0.1, 0.15) is 0 Å². The minimum Gasteiger partial charge on any atom is 1.00 e. The van der Waals surface area contributed by atoms with Crippen LogP contribution < -0.4 is 16.3 Å². The van der Waals surface area contributed by atoms with E-state index < -0.39 is 0 Å². The topological polar surface area (TPSA) is 90.2 Å². The van der Waals surface area contributed by atoms with E-state index >= 15 is 0 Å². The Morgan fingerprint density at radius 3 is 2.03 bits per heavy atom. The second kappa shape index (κ2) is 17.6. The summed E-state index contributed by atoms with van der Waals surface area (Å²) in [6.45, 7) is 1.86. The quantitative estimate of drug-likeness (QED) is 0.0933. The molecule has 0 heterocycles. The van der Waals surface area contributed by atoms with Gasteiger partial charge in [0.05, 0.1) is 27.6 Å². The summed E-state index contributed by atoms with van der Waals surface area (Å²) in [5.41, 5.74) is 10.8. The maximum atomic E-state index is 12.8. The van der Waals surface area contributed by atoms with Crippen LogP contribution in [-0.4, -0.2) is 22.3 Å². The predicted molar refractivity (Wildman–Crippen MR) is 151 cm³/mol. The van der Waals surface area contributed by atoms with Crippen molar-refractivity contribution in [3.05, 3.63) is 93.6 Å². The van der Waals surface area contributed by atoms with Crippen molar-refractivity contribution in [2.75, 3.05) is 0 Å². The van der Waals surface area contributed by atoms with E-state index in [-0.39, 0.29) is 33.2 Å². The van der Waals surface area contributed by atoms with Gasteiger partial charge in [-0.1, -0.05) is 47.5 Å². The zero-order chi connectivity index (χ0) is 26.5. The molecule has 0 atom stereocenters. The molecule has 3 N–H and O–H groups in total. The van der Waals surface area contributed by atoms with E-state index in [0.29, 0.717) is 32.6 Å². The van der Waals surface area contributed by atoms with Crippen LogP contribution in [0.15, 0.2) is 98.7 Å². The second-order valence-electron chi connectivity index (χ2n) is 6.79. The van der Waals surface area contributed by atoms with Gasteiger partial charge in [0.2, 0.25) is 0 Å². The number of carbonyl (C=O) groups excluding carboxylic acids is 1. The van der Waals surface area contributed by atoms with Gasteiger partial charge in [-0.25, -0.2) is 0 Å². The number of nitrogens with one attached hydrogen (secondary N) is 3. The number of ketones is 1. The standard InChI is InChI=1S/C23H20Cl2N6OS2.ClH.2Cu/c1-14-10-15(12-26-30-22(33)28-19-8-4-2-6-17(19)24)21(32)16(11-14)13-27-31-23(34)29-20-9-5-3-7-18(20)25;;;/h2-13,26H,1H3,(H2,28,30,33)(H2,29,31,34);1H;;/q;;+1;+2/p-3/b15-12-,27-13-;;;. The molecule has 0 spiro atoms. The van der Waals surface area contributed by atoms with E-state index in [1.165, 1.54) is 12.4 Å². The Morgan fingerprint density at radius 2 is 1.46 bits per heavy atom. The van der Waals surface area contributed by atoms with Crippen LogP contribution in [0, 0.1) is 0 Å². The molecular weight excluding hydrogens is 674 g/mol. The summed E-state index contributed by atoms with van der Waals surface area (Å²) in [4.78, 5) is 21.2. The van der Waals surface area contributed by atoms with Crippen LogP contribution in [0.25, 0.3) is 0 Å². The Morgan fingerprint density at radius 1 is 0.919 bits per heavy atom. The molecule has 0 saturated carbocycles. The molecule has 3 rings (SSSR count). The number of para-hydroxylation sites is 2. The molecule has 7 nitrogen and oxygen atoms in total. The van der Waals surface area contributed by atoms with Gasteiger partial charge in [-0.05, 0) is 54.1 Å². The van der Waals surface area contributed by atoms with Crippen LogP contribution in [0.2, 0.25) is 10.0 Å². The molecule has 201 valence electrons. The fraction of sp³-hybridized carbons (Fsp3) is 0.0435. The van der Waals surface area contributed by atoms with Gasteiger partial charge < -0.3 is 36.1 Å². The third kappa shape index (κ3) is 11.2. The summed E-state index contributed by atoms with van der Waals surface area (Å²) >= 11 is 26.1. The van der Waals surface area contributed by atoms with Crippen molar-refractivity contribution in [1.82, 2.24) is 16.3 Å². The van der Waals surface area contributed by atoms with Crippen molar-refractivity contribution in [2.45, 2.75) is 6.92 Å². The van der Waals surface area contributed by atoms with Gasteiger partial charge in [-0.3, -0.25) is 20.2 Å². The van der Waals surface area contributed by atoms with Gasteiger partial charge in [-0.15, -0.1) is 0 Å². The second-order valence-corrected chi connectivity index (χ2v) is 8.38.